The molecule has 160 valence electrons. The average Bonchev–Trinajstić information content (AvgIpc) is 2.85. The molecule has 0 saturated carbocycles. The van der Waals surface area contributed by atoms with Crippen molar-refractivity contribution in [2.75, 3.05) is 0 Å². The molecule has 2 N–H and O–H groups in total. The summed E-state index contributed by atoms with van der Waals surface area (Å²) in [5, 5.41) is 44.6. The molecule has 0 spiro atoms. The van der Waals surface area contributed by atoms with Gasteiger partial charge in [-0.3, -0.25) is 9.97 Å². The van der Waals surface area contributed by atoms with E-state index < -0.39 is 17.7 Å². The van der Waals surface area contributed by atoms with Gasteiger partial charge in [-0.25, -0.2) is 5.87 Å². The maximum atomic E-state index is 12.2. The molecule has 4 heterocycles. The van der Waals surface area contributed by atoms with E-state index in [2.05, 4.69) is 21.4 Å². The summed E-state index contributed by atoms with van der Waals surface area (Å²) < 4.78 is 1.83. The van der Waals surface area contributed by atoms with E-state index in [4.69, 9.17) is 0 Å². The van der Waals surface area contributed by atoms with Crippen LogP contribution >= 0.6 is 0 Å². The number of nitrogens with one attached hydrogen (secondary N) is 1. The third-order valence-corrected chi connectivity index (χ3v) is 5.67. The van der Waals surface area contributed by atoms with Crippen LogP contribution in [0, 0.1) is 29.6 Å². The van der Waals surface area contributed by atoms with Crippen LogP contribution in [-0.2, 0) is 5.72 Å². The second kappa shape index (κ2) is 8.86. The van der Waals surface area contributed by atoms with Crippen LogP contribution in [0.2, 0.25) is 0 Å². The van der Waals surface area contributed by atoms with Crippen molar-refractivity contribution < 1.29 is 9.67 Å². The number of nitrogens with zero attached hydrogens (tertiary/aromatic N) is 6. The number of hydrogen-bond acceptors (Lipinski definition) is 6. The van der Waals surface area contributed by atoms with Crippen molar-refractivity contribution in [3.63, 3.8) is 0 Å². The smallest absolute Gasteiger partial charge is 0.228 e. The lowest BCUT2D eigenvalue weighted by molar-refractivity contribution is -0.744. The first kappa shape index (κ1) is 21.6. The normalized spacial score (nSPS) is 21.8. The molecule has 8 heteroatoms. The maximum Gasteiger partial charge on any atom is 0.228 e. The molecule has 3 atom stereocenters. The molecular formula is C25H19N7O. The highest BCUT2D eigenvalue weighted by atomic mass is 16.3. The van der Waals surface area contributed by atoms with Gasteiger partial charge in [0.05, 0.1) is 28.8 Å². The van der Waals surface area contributed by atoms with E-state index in [1.165, 1.54) is 6.20 Å². The minimum Gasteiger partial charge on any atom is -0.762 e. The van der Waals surface area contributed by atoms with E-state index in [1.807, 2.05) is 54.0 Å². The summed E-state index contributed by atoms with van der Waals surface area (Å²) in [6.45, 7) is 1.93. The summed E-state index contributed by atoms with van der Waals surface area (Å²) >= 11 is 0. The number of aryl methyl sites for hydroxylation is 1. The summed E-state index contributed by atoms with van der Waals surface area (Å²) in [6, 6.07) is 14.0. The minimum absolute atomic E-state index is 0.00721. The molecule has 3 aromatic rings. The van der Waals surface area contributed by atoms with Gasteiger partial charge in [-0.1, -0.05) is 12.1 Å². The Labute approximate surface area is 190 Å². The SMILES string of the molecule is Cc1ccc[n+](C2C(c3cccnc3)C(C#N)=C(C(=C=[N-])C#N)NC2(O)c2cccnc2)c1. The quantitative estimate of drug-likeness (QED) is 0.369. The van der Waals surface area contributed by atoms with Crippen LogP contribution in [0.15, 0.2) is 90.4 Å². The Kier molecular flexibility index (Phi) is 5.80. The third-order valence-electron chi connectivity index (χ3n) is 5.67. The first-order chi connectivity index (χ1) is 16.0. The molecule has 0 radical (unpaired) electrons. The van der Waals surface area contributed by atoms with Gasteiger partial charge in [0.25, 0.3) is 0 Å². The first-order valence-corrected chi connectivity index (χ1v) is 10.1. The highest BCUT2D eigenvalue weighted by Crippen LogP contribution is 2.47. The van der Waals surface area contributed by atoms with Crippen molar-refractivity contribution in [3.05, 3.63) is 113 Å². The number of rotatable bonds is 4. The van der Waals surface area contributed by atoms with Gasteiger partial charge in [0.15, 0.2) is 12.4 Å². The van der Waals surface area contributed by atoms with E-state index in [1.54, 1.807) is 36.8 Å². The predicted octanol–water partition coefficient (Wildman–Crippen LogP) is 2.31. The van der Waals surface area contributed by atoms with Gasteiger partial charge in [-0.2, -0.15) is 15.1 Å². The second-order valence-electron chi connectivity index (χ2n) is 7.67. The maximum absolute atomic E-state index is 12.2. The number of pyridine rings is 3. The van der Waals surface area contributed by atoms with Crippen LogP contribution < -0.4 is 9.88 Å². The molecule has 33 heavy (non-hydrogen) atoms. The van der Waals surface area contributed by atoms with Crippen molar-refractivity contribution in [1.82, 2.24) is 15.3 Å². The molecule has 0 aliphatic carbocycles. The van der Waals surface area contributed by atoms with Crippen LogP contribution in [0.5, 0.6) is 0 Å². The lowest BCUT2D eigenvalue weighted by Crippen LogP contribution is -2.63. The van der Waals surface area contributed by atoms with Crippen molar-refractivity contribution in [2.45, 2.75) is 24.6 Å². The van der Waals surface area contributed by atoms with Gasteiger partial charge in [0, 0.05) is 42.0 Å². The Bertz CT molecular complexity index is 1350. The van der Waals surface area contributed by atoms with E-state index in [0.717, 1.165) is 5.56 Å². The number of aliphatic hydroxyl groups is 1. The van der Waals surface area contributed by atoms with E-state index >= 15 is 0 Å². The monoisotopic (exact) mass is 433 g/mol. The lowest BCUT2D eigenvalue weighted by atomic mass is 9.74. The number of hydrogen-bond donors (Lipinski definition) is 2. The lowest BCUT2D eigenvalue weighted by Gasteiger charge is -2.42. The standard InChI is InChI=1S/C25H19N7O/c1-17-5-4-10-32(16-17)24-22(18-6-2-8-29-14-18)21(13-28)23(19(11-26)12-27)31-25(24,33)20-7-3-9-30-15-20/h2-10,14-16,22,24,31,33H,1H3. The van der Waals surface area contributed by atoms with Crippen LogP contribution in [0.3, 0.4) is 0 Å². The Hall–Kier alpha value is -4.62. The largest absolute Gasteiger partial charge is 0.762 e. The fraction of sp³-hybridized carbons (Fsp3) is 0.160. The van der Waals surface area contributed by atoms with Crippen molar-refractivity contribution in [1.29, 1.82) is 10.5 Å². The highest BCUT2D eigenvalue weighted by Gasteiger charge is 2.56. The molecule has 8 nitrogen and oxygen atoms in total. The van der Waals surface area contributed by atoms with Crippen molar-refractivity contribution in [3.8, 4) is 12.1 Å². The number of nitriles is 2. The van der Waals surface area contributed by atoms with Gasteiger partial charge in [0.2, 0.25) is 11.8 Å². The zero-order valence-corrected chi connectivity index (χ0v) is 17.7. The zero-order valence-electron chi connectivity index (χ0n) is 17.7. The van der Waals surface area contributed by atoms with Crippen LogP contribution in [-0.4, -0.2) is 20.9 Å². The summed E-state index contributed by atoms with van der Waals surface area (Å²) in [4.78, 5) is 8.37. The fourth-order valence-electron chi connectivity index (χ4n) is 4.26. The summed E-state index contributed by atoms with van der Waals surface area (Å²) in [5.41, 5.74) is 0.0658. The molecule has 4 rings (SSSR count). The molecule has 0 amide bonds. The molecule has 3 unspecified atom stereocenters. The van der Waals surface area contributed by atoms with Gasteiger partial charge >= 0.3 is 0 Å². The zero-order chi connectivity index (χ0) is 23.4. The third kappa shape index (κ3) is 3.77. The Morgan fingerprint density at radius 1 is 1.15 bits per heavy atom. The van der Waals surface area contributed by atoms with E-state index in [-0.39, 0.29) is 16.8 Å². The molecule has 0 fully saturated rings. The minimum atomic E-state index is -1.82. The second-order valence-corrected chi connectivity index (χ2v) is 7.67. The molecule has 1 aliphatic rings. The van der Waals surface area contributed by atoms with Crippen molar-refractivity contribution >= 4 is 5.87 Å². The Morgan fingerprint density at radius 2 is 1.91 bits per heavy atom. The van der Waals surface area contributed by atoms with E-state index in [9.17, 15) is 21.0 Å². The van der Waals surface area contributed by atoms with Crippen LogP contribution in [0.25, 0.3) is 5.41 Å². The molecule has 0 bridgehead atoms. The molecule has 1 aliphatic heterocycles. The summed E-state index contributed by atoms with van der Waals surface area (Å²) in [6.07, 6.45) is 10.0. The Morgan fingerprint density at radius 3 is 2.48 bits per heavy atom. The van der Waals surface area contributed by atoms with Gasteiger partial charge in [0.1, 0.15) is 6.07 Å². The highest BCUT2D eigenvalue weighted by molar-refractivity contribution is 5.74. The van der Waals surface area contributed by atoms with E-state index in [0.29, 0.717) is 11.1 Å². The average molecular weight is 433 g/mol. The first-order valence-electron chi connectivity index (χ1n) is 10.1. The fourth-order valence-corrected chi connectivity index (χ4v) is 4.26. The molecule has 3 aromatic heterocycles. The van der Waals surface area contributed by atoms with Gasteiger partial charge < -0.3 is 15.8 Å². The molecule has 0 saturated heterocycles. The summed E-state index contributed by atoms with van der Waals surface area (Å²) in [5.74, 6) is 1.12. The summed E-state index contributed by atoms with van der Waals surface area (Å²) in [7, 11) is 0. The van der Waals surface area contributed by atoms with Crippen molar-refractivity contribution in [2.24, 2.45) is 0 Å². The van der Waals surface area contributed by atoms with Gasteiger partial charge in [-0.05, 0) is 30.7 Å². The van der Waals surface area contributed by atoms with Crippen LogP contribution in [0.4, 0.5) is 0 Å². The molecule has 0 aromatic carbocycles. The topological polar surface area (TPSA) is 132 Å². The predicted molar refractivity (Wildman–Crippen MR) is 119 cm³/mol. The van der Waals surface area contributed by atoms with Crippen LogP contribution in [0.1, 0.15) is 28.7 Å². The molecular weight excluding hydrogens is 414 g/mol. The Balaban J connectivity index is 2.11. The number of aromatic nitrogens is 3. The van der Waals surface area contributed by atoms with Gasteiger partial charge in [-0.15, -0.1) is 0 Å². The number of allylic oxidation sites excluding steroid dienone is 2.